The Kier molecular flexibility index (Phi) is 7.20. The first-order chi connectivity index (χ1) is 13.3. The van der Waals surface area contributed by atoms with Gasteiger partial charge in [0.15, 0.2) is 5.65 Å². The van der Waals surface area contributed by atoms with Gasteiger partial charge in [-0.1, -0.05) is 25.7 Å². The van der Waals surface area contributed by atoms with Gasteiger partial charge < -0.3 is 10.3 Å². The van der Waals surface area contributed by atoms with Gasteiger partial charge in [0.2, 0.25) is 0 Å². The van der Waals surface area contributed by atoms with E-state index in [0.717, 1.165) is 23.1 Å². The average Bonchev–Trinajstić information content (AvgIpc) is 2.93. The number of hydrogen-bond acceptors (Lipinski definition) is 3. The quantitative estimate of drug-likeness (QED) is 0.589. The zero-order chi connectivity index (χ0) is 20.7. The second-order valence-corrected chi connectivity index (χ2v) is 5.86. The number of rotatable bonds is 5. The first-order valence-corrected chi connectivity index (χ1v) is 8.60. The van der Waals surface area contributed by atoms with Crippen molar-refractivity contribution < 1.29 is 13.2 Å². The Morgan fingerprint density at radius 3 is 2.68 bits per heavy atom. The largest absolute Gasteiger partial charge is 0.352 e. The van der Waals surface area contributed by atoms with E-state index in [1.165, 1.54) is 18.3 Å². The summed E-state index contributed by atoms with van der Waals surface area (Å²) in [5.74, 6) is -2.12. The number of allylic oxidation sites excluding steroid dienone is 3. The molecule has 0 radical (unpaired) electrons. The van der Waals surface area contributed by atoms with Crippen LogP contribution in [0.2, 0.25) is 0 Å². The molecule has 0 saturated carbocycles. The van der Waals surface area contributed by atoms with Crippen LogP contribution in [0.3, 0.4) is 0 Å². The Hall–Kier alpha value is -3.29. The number of pyridine rings is 1. The Morgan fingerprint density at radius 2 is 2.11 bits per heavy atom. The molecule has 0 aliphatic rings. The highest BCUT2D eigenvalue weighted by atomic mass is 19.1. The van der Waals surface area contributed by atoms with E-state index in [-0.39, 0.29) is 17.9 Å². The van der Waals surface area contributed by atoms with Crippen molar-refractivity contribution in [3.05, 3.63) is 77.1 Å². The number of fused-ring (bicyclic) bond motifs is 1. The highest BCUT2D eigenvalue weighted by molar-refractivity contribution is 5.76. The van der Waals surface area contributed by atoms with Crippen molar-refractivity contribution in [1.29, 1.82) is 0 Å². The molecule has 0 atom stereocenters. The summed E-state index contributed by atoms with van der Waals surface area (Å²) in [5.41, 5.74) is 0.515. The van der Waals surface area contributed by atoms with Crippen molar-refractivity contribution in [2.75, 3.05) is 5.32 Å². The average molecular weight is 390 g/mol. The van der Waals surface area contributed by atoms with Crippen molar-refractivity contribution >= 4 is 22.5 Å². The Morgan fingerprint density at radius 1 is 1.36 bits per heavy atom. The van der Waals surface area contributed by atoms with Gasteiger partial charge in [0.1, 0.15) is 17.5 Å². The molecule has 2 heterocycles. The topological polar surface area (TPSA) is 62.7 Å². The fourth-order valence-corrected chi connectivity index (χ4v) is 2.41. The van der Waals surface area contributed by atoms with Gasteiger partial charge in [-0.2, -0.15) is 0 Å². The summed E-state index contributed by atoms with van der Waals surface area (Å²) in [6.45, 7) is 6.97. The third-order valence-corrected chi connectivity index (χ3v) is 3.62. The van der Waals surface area contributed by atoms with Crippen LogP contribution in [0.5, 0.6) is 0 Å². The molecule has 3 aromatic rings. The molecule has 0 fully saturated rings. The van der Waals surface area contributed by atoms with Gasteiger partial charge >= 0.3 is 5.69 Å². The molecule has 8 heteroatoms. The maximum atomic E-state index is 13.6. The van der Waals surface area contributed by atoms with Crippen LogP contribution in [0.25, 0.3) is 11.2 Å². The lowest BCUT2D eigenvalue weighted by Crippen LogP contribution is -2.17. The number of aromatic amines is 1. The van der Waals surface area contributed by atoms with Gasteiger partial charge in [-0.25, -0.2) is 22.9 Å². The molecule has 0 aliphatic heterocycles. The minimum Gasteiger partial charge on any atom is -0.352 e. The standard InChI is InChI=1S/C15H11F3N4O.C5H10/c1-8(16)7-22-14-13(21-15(22)23)5-10(6-19-14)20-12-3-2-9(17)4-11(12)18;1-3-5-4-2/h2-6,20H,1,7H2,(H,21,23);3,5H,4H2,1-2H3/b;5-3-. The number of H-pyrrole nitrogens is 1. The van der Waals surface area contributed by atoms with Crippen molar-refractivity contribution in [3.63, 3.8) is 0 Å². The van der Waals surface area contributed by atoms with Gasteiger partial charge in [-0.05, 0) is 31.5 Å². The summed E-state index contributed by atoms with van der Waals surface area (Å²) in [6, 6.07) is 4.63. The molecule has 0 saturated heterocycles. The summed E-state index contributed by atoms with van der Waals surface area (Å²) in [7, 11) is 0. The minimum absolute atomic E-state index is 0.0615. The molecule has 5 nitrogen and oxygen atoms in total. The molecule has 2 N–H and O–H groups in total. The summed E-state index contributed by atoms with van der Waals surface area (Å²) >= 11 is 0. The maximum Gasteiger partial charge on any atom is 0.328 e. The zero-order valence-electron chi connectivity index (χ0n) is 15.6. The molecule has 28 heavy (non-hydrogen) atoms. The van der Waals surface area contributed by atoms with Crippen LogP contribution in [0.4, 0.5) is 24.5 Å². The van der Waals surface area contributed by atoms with Gasteiger partial charge in [0.25, 0.3) is 0 Å². The zero-order valence-corrected chi connectivity index (χ0v) is 15.6. The first kappa shape index (κ1) is 21.0. The van der Waals surface area contributed by atoms with Crippen LogP contribution < -0.4 is 11.0 Å². The summed E-state index contributed by atoms with van der Waals surface area (Å²) in [4.78, 5) is 18.4. The van der Waals surface area contributed by atoms with E-state index < -0.39 is 23.2 Å². The molecule has 3 rings (SSSR count). The Balaban J connectivity index is 0.000000500. The Labute approximate surface area is 160 Å². The minimum atomic E-state index is -0.759. The lowest BCUT2D eigenvalue weighted by molar-refractivity contribution is 0.557. The van der Waals surface area contributed by atoms with Crippen LogP contribution >= 0.6 is 0 Å². The number of imidazole rings is 1. The molecule has 0 bridgehead atoms. The van der Waals surface area contributed by atoms with E-state index >= 15 is 0 Å². The van der Waals surface area contributed by atoms with Gasteiger partial charge in [0, 0.05) is 6.07 Å². The van der Waals surface area contributed by atoms with E-state index in [1.54, 1.807) is 0 Å². The smallest absolute Gasteiger partial charge is 0.328 e. The number of halogens is 3. The van der Waals surface area contributed by atoms with Crippen LogP contribution in [-0.2, 0) is 6.54 Å². The highest BCUT2D eigenvalue weighted by Crippen LogP contribution is 2.22. The monoisotopic (exact) mass is 390 g/mol. The van der Waals surface area contributed by atoms with Crippen LogP contribution in [-0.4, -0.2) is 14.5 Å². The molecule has 0 unspecified atom stereocenters. The lowest BCUT2D eigenvalue weighted by atomic mass is 10.2. The molecule has 1 aromatic carbocycles. The van der Waals surface area contributed by atoms with E-state index in [0.29, 0.717) is 11.2 Å². The highest BCUT2D eigenvalue weighted by Gasteiger charge is 2.11. The summed E-state index contributed by atoms with van der Waals surface area (Å²) in [5, 5.41) is 2.73. The fourth-order valence-electron chi connectivity index (χ4n) is 2.41. The second-order valence-electron chi connectivity index (χ2n) is 5.86. The van der Waals surface area contributed by atoms with E-state index in [4.69, 9.17) is 0 Å². The van der Waals surface area contributed by atoms with Crippen molar-refractivity contribution in [2.24, 2.45) is 0 Å². The number of nitrogens with one attached hydrogen (secondary N) is 2. The summed E-state index contributed by atoms with van der Waals surface area (Å²) in [6.07, 6.45) is 6.70. The molecule has 0 spiro atoms. The lowest BCUT2D eigenvalue weighted by Gasteiger charge is -2.07. The number of hydrogen-bond donors (Lipinski definition) is 2. The van der Waals surface area contributed by atoms with Gasteiger partial charge in [0.05, 0.1) is 29.6 Å². The Bertz CT molecular complexity index is 1050. The SMILES string of the molecule is C/C=C\CC.C=C(F)Cn1c(=O)[nH]c2cc(Nc3ccc(F)cc3F)cnc21. The van der Waals surface area contributed by atoms with Crippen molar-refractivity contribution in [3.8, 4) is 0 Å². The predicted molar refractivity (Wildman–Crippen MR) is 105 cm³/mol. The molecule has 0 aliphatic carbocycles. The van der Waals surface area contributed by atoms with E-state index in [1.807, 2.05) is 6.92 Å². The van der Waals surface area contributed by atoms with Crippen LogP contribution in [0.1, 0.15) is 20.3 Å². The molecule has 148 valence electrons. The number of benzene rings is 1. The van der Waals surface area contributed by atoms with E-state index in [9.17, 15) is 18.0 Å². The molecule has 2 aromatic heterocycles. The van der Waals surface area contributed by atoms with Crippen molar-refractivity contribution in [2.45, 2.75) is 26.8 Å². The van der Waals surface area contributed by atoms with Crippen molar-refractivity contribution in [1.82, 2.24) is 14.5 Å². The third-order valence-electron chi connectivity index (χ3n) is 3.62. The summed E-state index contributed by atoms with van der Waals surface area (Å²) < 4.78 is 40.5. The predicted octanol–water partition coefficient (Wildman–Crippen LogP) is 5.20. The third kappa shape index (κ3) is 5.35. The van der Waals surface area contributed by atoms with Gasteiger partial charge in [-0.3, -0.25) is 4.57 Å². The molecular formula is C20H21F3N4O. The number of aromatic nitrogens is 3. The van der Waals surface area contributed by atoms with E-state index in [2.05, 4.69) is 40.9 Å². The maximum absolute atomic E-state index is 13.6. The number of nitrogens with zero attached hydrogens (tertiary/aromatic N) is 2. The molecular weight excluding hydrogens is 369 g/mol. The normalized spacial score (nSPS) is 10.8. The molecule has 0 amide bonds. The number of anilines is 2. The fraction of sp³-hybridized carbons (Fsp3) is 0.200. The second kappa shape index (κ2) is 9.59. The van der Waals surface area contributed by atoms with Crippen LogP contribution in [0, 0.1) is 11.6 Å². The van der Waals surface area contributed by atoms with Crippen LogP contribution in [0.15, 0.2) is 59.8 Å². The van der Waals surface area contributed by atoms with Gasteiger partial charge in [-0.15, -0.1) is 0 Å². The first-order valence-electron chi connectivity index (χ1n) is 8.60.